The zero-order valence-electron chi connectivity index (χ0n) is 6.18. The Morgan fingerprint density at radius 3 is 2.75 bits per heavy atom. The topological polar surface area (TPSA) is 30.7 Å². The van der Waals surface area contributed by atoms with Crippen LogP contribution >= 0.6 is 0 Å². The van der Waals surface area contributed by atoms with E-state index >= 15 is 0 Å². The third kappa shape index (κ3) is 1.07. The molecule has 0 saturated heterocycles. The molecule has 12 heavy (non-hydrogen) atoms. The number of nitrogens with zero attached hydrogens (tertiary/aromatic N) is 3. The summed E-state index contributed by atoms with van der Waals surface area (Å²) in [7, 11) is 0. The summed E-state index contributed by atoms with van der Waals surface area (Å²) in [6, 6.07) is 6.41. The Morgan fingerprint density at radius 2 is 2.08 bits per heavy atom. The van der Waals surface area contributed by atoms with Crippen LogP contribution < -0.4 is 0 Å². The monoisotopic (exact) mass is 163 g/mol. The Morgan fingerprint density at radius 1 is 1.25 bits per heavy atom. The third-order valence-electron chi connectivity index (χ3n) is 1.52. The first-order valence-electron chi connectivity index (χ1n) is 3.49. The average molecular weight is 163 g/mol. The lowest BCUT2D eigenvalue weighted by Crippen LogP contribution is -1.97. The summed E-state index contributed by atoms with van der Waals surface area (Å²) < 4.78 is 14.4. The summed E-state index contributed by atoms with van der Waals surface area (Å²) in [6.45, 7) is 0. The fourth-order valence-corrected chi connectivity index (χ4v) is 0.974. The van der Waals surface area contributed by atoms with Crippen LogP contribution in [-0.4, -0.2) is 15.0 Å². The van der Waals surface area contributed by atoms with Crippen molar-refractivity contribution >= 4 is 0 Å². The Balaban J connectivity index is 2.55. The second-order valence-electron chi connectivity index (χ2n) is 2.30. The van der Waals surface area contributed by atoms with Gasteiger partial charge in [-0.2, -0.15) is 0 Å². The molecule has 0 fully saturated rings. The van der Waals surface area contributed by atoms with Gasteiger partial charge in [0.05, 0.1) is 12.4 Å². The van der Waals surface area contributed by atoms with Gasteiger partial charge in [0.1, 0.15) is 11.5 Å². The second kappa shape index (κ2) is 2.73. The average Bonchev–Trinajstić information content (AvgIpc) is 2.57. The molecule has 0 spiro atoms. The minimum Gasteiger partial charge on any atom is -0.218 e. The number of para-hydroxylation sites is 1. The maximum Gasteiger partial charge on any atom is 0.148 e. The van der Waals surface area contributed by atoms with Crippen molar-refractivity contribution in [1.29, 1.82) is 0 Å². The van der Waals surface area contributed by atoms with Gasteiger partial charge in [0.15, 0.2) is 0 Å². The molecule has 1 aromatic carbocycles. The zero-order valence-corrected chi connectivity index (χ0v) is 6.18. The van der Waals surface area contributed by atoms with Crippen LogP contribution in [0.3, 0.4) is 0 Å². The molecule has 0 aliphatic rings. The Bertz CT molecular complexity index is 370. The minimum absolute atomic E-state index is 0.303. The fourth-order valence-electron chi connectivity index (χ4n) is 0.974. The van der Waals surface area contributed by atoms with Crippen LogP contribution in [0.15, 0.2) is 36.7 Å². The minimum atomic E-state index is -0.303. The molecule has 3 nitrogen and oxygen atoms in total. The third-order valence-corrected chi connectivity index (χ3v) is 1.52. The van der Waals surface area contributed by atoms with Gasteiger partial charge < -0.3 is 0 Å². The van der Waals surface area contributed by atoms with Gasteiger partial charge in [-0.05, 0) is 12.1 Å². The number of benzene rings is 1. The first-order chi connectivity index (χ1) is 5.88. The molecule has 0 N–H and O–H groups in total. The van der Waals surface area contributed by atoms with Crippen molar-refractivity contribution in [2.24, 2.45) is 0 Å². The maximum absolute atomic E-state index is 13.1. The summed E-state index contributed by atoms with van der Waals surface area (Å²) in [6.07, 6.45) is 3.10. The predicted octanol–water partition coefficient (Wildman–Crippen LogP) is 1.41. The molecule has 1 aromatic heterocycles. The number of aromatic nitrogens is 3. The van der Waals surface area contributed by atoms with E-state index in [-0.39, 0.29) is 5.82 Å². The molecule has 0 aliphatic carbocycles. The molecule has 0 atom stereocenters. The molecule has 0 radical (unpaired) electrons. The van der Waals surface area contributed by atoms with Crippen molar-refractivity contribution in [2.45, 2.75) is 0 Å². The Hall–Kier alpha value is -1.71. The van der Waals surface area contributed by atoms with Crippen LogP contribution in [-0.2, 0) is 0 Å². The van der Waals surface area contributed by atoms with E-state index < -0.39 is 0 Å². The van der Waals surface area contributed by atoms with Gasteiger partial charge in [0.25, 0.3) is 0 Å². The van der Waals surface area contributed by atoms with Crippen molar-refractivity contribution < 1.29 is 4.39 Å². The van der Waals surface area contributed by atoms with Gasteiger partial charge in [0, 0.05) is 0 Å². The fraction of sp³-hybridized carbons (Fsp3) is 0. The van der Waals surface area contributed by atoms with E-state index in [1.807, 2.05) is 0 Å². The largest absolute Gasteiger partial charge is 0.218 e. The van der Waals surface area contributed by atoms with Gasteiger partial charge in [-0.1, -0.05) is 17.3 Å². The van der Waals surface area contributed by atoms with E-state index in [0.717, 1.165) is 0 Å². The highest BCUT2D eigenvalue weighted by Crippen LogP contribution is 2.09. The number of hydrogen-bond acceptors (Lipinski definition) is 2. The second-order valence-corrected chi connectivity index (χ2v) is 2.30. The number of rotatable bonds is 1. The highest BCUT2D eigenvalue weighted by molar-refractivity contribution is 5.31. The highest BCUT2D eigenvalue weighted by Gasteiger charge is 2.01. The van der Waals surface area contributed by atoms with Crippen LogP contribution in [0.2, 0.25) is 0 Å². The van der Waals surface area contributed by atoms with Crippen molar-refractivity contribution in [2.75, 3.05) is 0 Å². The number of halogens is 1. The quantitative estimate of drug-likeness (QED) is 0.636. The summed E-state index contributed by atoms with van der Waals surface area (Å²) in [5.41, 5.74) is 0.412. The van der Waals surface area contributed by atoms with Gasteiger partial charge >= 0.3 is 0 Å². The molecule has 0 bridgehead atoms. The van der Waals surface area contributed by atoms with E-state index in [1.54, 1.807) is 24.4 Å². The standard InChI is InChI=1S/C8H6FN3/c9-7-3-1-2-4-8(7)12-6-5-10-11-12/h1-6H. The maximum atomic E-state index is 13.1. The normalized spacial score (nSPS) is 10.1. The lowest BCUT2D eigenvalue weighted by Gasteiger charge is -1.99. The first kappa shape index (κ1) is 6.97. The molecule has 4 heteroatoms. The van der Waals surface area contributed by atoms with Crippen molar-refractivity contribution in [1.82, 2.24) is 15.0 Å². The molecule has 0 unspecified atom stereocenters. The van der Waals surface area contributed by atoms with Crippen LogP contribution in [0.25, 0.3) is 5.69 Å². The van der Waals surface area contributed by atoms with Crippen LogP contribution in [0.4, 0.5) is 4.39 Å². The summed E-state index contributed by atoms with van der Waals surface area (Å²) in [4.78, 5) is 0. The summed E-state index contributed by atoms with van der Waals surface area (Å²) in [5.74, 6) is -0.303. The molecular weight excluding hydrogens is 157 g/mol. The predicted molar refractivity (Wildman–Crippen MR) is 41.3 cm³/mol. The molecule has 1 heterocycles. The van der Waals surface area contributed by atoms with E-state index in [0.29, 0.717) is 5.69 Å². The van der Waals surface area contributed by atoms with E-state index in [9.17, 15) is 4.39 Å². The Labute approximate surface area is 68.4 Å². The van der Waals surface area contributed by atoms with Crippen molar-refractivity contribution in [3.8, 4) is 5.69 Å². The van der Waals surface area contributed by atoms with Crippen molar-refractivity contribution in [3.05, 3.63) is 42.5 Å². The first-order valence-corrected chi connectivity index (χ1v) is 3.49. The van der Waals surface area contributed by atoms with Crippen LogP contribution in [0.1, 0.15) is 0 Å². The zero-order chi connectivity index (χ0) is 8.39. The van der Waals surface area contributed by atoms with E-state index in [2.05, 4.69) is 10.3 Å². The molecule has 0 aliphatic heterocycles. The molecule has 0 amide bonds. The molecule has 0 saturated carbocycles. The van der Waals surface area contributed by atoms with E-state index in [1.165, 1.54) is 16.9 Å². The SMILES string of the molecule is Fc1ccccc1-n1ccnn1. The van der Waals surface area contributed by atoms with Crippen LogP contribution in [0, 0.1) is 5.82 Å². The van der Waals surface area contributed by atoms with Gasteiger partial charge in [-0.15, -0.1) is 5.10 Å². The molecule has 2 aromatic rings. The van der Waals surface area contributed by atoms with E-state index in [4.69, 9.17) is 0 Å². The lowest BCUT2D eigenvalue weighted by atomic mass is 10.3. The summed E-state index contributed by atoms with van der Waals surface area (Å²) in [5, 5.41) is 7.26. The molecule has 60 valence electrons. The molecule has 2 rings (SSSR count). The van der Waals surface area contributed by atoms with Gasteiger partial charge in [0.2, 0.25) is 0 Å². The van der Waals surface area contributed by atoms with Crippen molar-refractivity contribution in [3.63, 3.8) is 0 Å². The van der Waals surface area contributed by atoms with Gasteiger partial charge in [-0.3, -0.25) is 0 Å². The van der Waals surface area contributed by atoms with Gasteiger partial charge in [-0.25, -0.2) is 9.07 Å². The Kier molecular flexibility index (Phi) is 1.59. The molecular formula is C8H6FN3. The lowest BCUT2D eigenvalue weighted by molar-refractivity contribution is 0.607. The van der Waals surface area contributed by atoms with Crippen LogP contribution in [0.5, 0.6) is 0 Å². The highest BCUT2D eigenvalue weighted by atomic mass is 19.1. The number of hydrogen-bond donors (Lipinski definition) is 0. The summed E-state index contributed by atoms with van der Waals surface area (Å²) >= 11 is 0. The smallest absolute Gasteiger partial charge is 0.148 e.